The van der Waals surface area contributed by atoms with E-state index in [0.29, 0.717) is 12.4 Å². The molecule has 0 aliphatic heterocycles. The van der Waals surface area contributed by atoms with Gasteiger partial charge in [0.25, 0.3) is 0 Å². The molecule has 0 radical (unpaired) electrons. The van der Waals surface area contributed by atoms with Crippen LogP contribution in [0.15, 0.2) is 35.5 Å². The molecule has 2 aromatic heterocycles. The van der Waals surface area contributed by atoms with Gasteiger partial charge in [0.2, 0.25) is 0 Å². The fraction of sp³-hybridized carbons (Fsp3) is 0.409. The first-order chi connectivity index (χ1) is 13.8. The van der Waals surface area contributed by atoms with Crippen molar-refractivity contribution in [3.63, 3.8) is 0 Å². The van der Waals surface area contributed by atoms with Crippen LogP contribution in [-0.2, 0) is 11.8 Å². The third-order valence-electron chi connectivity index (χ3n) is 5.19. The highest BCUT2D eigenvalue weighted by Crippen LogP contribution is 2.27. The van der Waals surface area contributed by atoms with Gasteiger partial charge in [-0.3, -0.25) is 4.79 Å². The Kier molecular flexibility index (Phi) is 6.59. The van der Waals surface area contributed by atoms with Gasteiger partial charge in [0.15, 0.2) is 16.8 Å². The zero-order valence-corrected chi connectivity index (χ0v) is 18.7. The molecule has 7 heteroatoms. The lowest BCUT2D eigenvalue weighted by Crippen LogP contribution is -2.14. The van der Waals surface area contributed by atoms with Crippen LogP contribution < -0.4 is 0 Å². The molecule has 0 amide bonds. The molecule has 0 aliphatic carbocycles. The summed E-state index contributed by atoms with van der Waals surface area (Å²) < 4.78 is 9.39. The summed E-state index contributed by atoms with van der Waals surface area (Å²) in [4.78, 5) is 12.9. The van der Waals surface area contributed by atoms with Crippen LogP contribution in [0.3, 0.4) is 0 Å². The Hall–Kier alpha value is -2.38. The maximum atomic E-state index is 12.9. The Bertz CT molecular complexity index is 1020. The van der Waals surface area contributed by atoms with E-state index in [1.165, 1.54) is 11.8 Å². The maximum Gasteiger partial charge on any atom is 0.191 e. The molecule has 1 atom stereocenters. The molecule has 2 heterocycles. The summed E-state index contributed by atoms with van der Waals surface area (Å²) >= 11 is 1.42. The number of carbonyl (C=O) groups excluding carboxylic acids is 1. The average Bonchev–Trinajstić information content (AvgIpc) is 3.19. The number of rotatable bonds is 8. The van der Waals surface area contributed by atoms with Gasteiger partial charge in [-0.1, -0.05) is 36.0 Å². The summed E-state index contributed by atoms with van der Waals surface area (Å²) in [5.41, 5.74) is 5.01. The number of Topliss-reactive ketones (excluding diaryl/α,β-unsaturated/α-hetero) is 1. The van der Waals surface area contributed by atoms with E-state index in [1.54, 1.807) is 7.11 Å². The van der Waals surface area contributed by atoms with Crippen molar-refractivity contribution in [1.82, 2.24) is 19.3 Å². The Morgan fingerprint density at radius 1 is 1.21 bits per heavy atom. The number of methoxy groups -OCH3 is 1. The SMILES string of the molecule is COCC(C)n1c(C)cc(C(=O)CSc2nnc(-c3ccccc3C)n2C)c1C. The normalized spacial score (nSPS) is 12.3. The minimum atomic E-state index is 0.0967. The second-order valence-corrected chi connectivity index (χ2v) is 8.29. The first-order valence-electron chi connectivity index (χ1n) is 9.63. The Labute approximate surface area is 176 Å². The molecule has 0 aliphatic rings. The zero-order chi connectivity index (χ0) is 21.1. The average molecular weight is 413 g/mol. The molecule has 0 N–H and O–H groups in total. The lowest BCUT2D eigenvalue weighted by Gasteiger charge is -2.17. The van der Waals surface area contributed by atoms with Crippen LogP contribution in [0.25, 0.3) is 11.4 Å². The molecule has 154 valence electrons. The molecule has 0 bridgehead atoms. The number of thioether (sulfide) groups is 1. The minimum absolute atomic E-state index is 0.0967. The molecule has 0 spiro atoms. The first-order valence-corrected chi connectivity index (χ1v) is 10.6. The minimum Gasteiger partial charge on any atom is -0.383 e. The first kappa shape index (κ1) is 21.3. The molecule has 1 unspecified atom stereocenters. The molecule has 1 aromatic carbocycles. The topological polar surface area (TPSA) is 61.9 Å². The quantitative estimate of drug-likeness (QED) is 0.406. The van der Waals surface area contributed by atoms with Gasteiger partial charge in [0.1, 0.15) is 0 Å². The summed E-state index contributed by atoms with van der Waals surface area (Å²) in [6.45, 7) is 8.79. The molecule has 6 nitrogen and oxygen atoms in total. The van der Waals surface area contributed by atoms with Crippen molar-refractivity contribution >= 4 is 17.5 Å². The molecule has 3 aromatic rings. The largest absolute Gasteiger partial charge is 0.383 e. The zero-order valence-electron chi connectivity index (χ0n) is 17.9. The van der Waals surface area contributed by atoms with Crippen molar-refractivity contribution in [2.45, 2.75) is 38.9 Å². The molecule has 0 saturated heterocycles. The lowest BCUT2D eigenvalue weighted by molar-refractivity contribution is 0.102. The molecular weight excluding hydrogens is 384 g/mol. The standard InChI is InChI=1S/C22H28N4O2S/c1-14-9-7-8-10-18(14)21-23-24-22(25(21)5)29-13-20(27)19-11-15(2)26(17(19)4)16(3)12-28-6/h7-11,16H,12-13H2,1-6H3. The number of hydrogen-bond acceptors (Lipinski definition) is 5. The van der Waals surface area contributed by atoms with E-state index < -0.39 is 0 Å². The monoisotopic (exact) mass is 412 g/mol. The Morgan fingerprint density at radius 2 is 1.93 bits per heavy atom. The van der Waals surface area contributed by atoms with Gasteiger partial charge in [0.05, 0.1) is 18.4 Å². The molecular formula is C22H28N4O2S. The van der Waals surface area contributed by atoms with Crippen LogP contribution in [0.5, 0.6) is 0 Å². The summed E-state index contributed by atoms with van der Waals surface area (Å²) in [5.74, 6) is 1.23. The van der Waals surface area contributed by atoms with Crippen LogP contribution in [0.2, 0.25) is 0 Å². The van der Waals surface area contributed by atoms with Crippen molar-refractivity contribution in [1.29, 1.82) is 0 Å². The summed E-state index contributed by atoms with van der Waals surface area (Å²) in [6.07, 6.45) is 0. The third-order valence-corrected chi connectivity index (χ3v) is 6.21. The summed E-state index contributed by atoms with van der Waals surface area (Å²) in [6, 6.07) is 10.3. The van der Waals surface area contributed by atoms with E-state index >= 15 is 0 Å². The number of hydrogen-bond donors (Lipinski definition) is 0. The highest BCUT2D eigenvalue weighted by Gasteiger charge is 2.20. The lowest BCUT2D eigenvalue weighted by atomic mass is 10.1. The molecule has 29 heavy (non-hydrogen) atoms. The number of aromatic nitrogens is 4. The van der Waals surface area contributed by atoms with E-state index in [4.69, 9.17) is 4.74 Å². The maximum absolute atomic E-state index is 12.9. The highest BCUT2D eigenvalue weighted by molar-refractivity contribution is 7.99. The van der Waals surface area contributed by atoms with Crippen molar-refractivity contribution < 1.29 is 9.53 Å². The van der Waals surface area contributed by atoms with Gasteiger partial charge >= 0.3 is 0 Å². The van der Waals surface area contributed by atoms with E-state index in [2.05, 4.69) is 34.7 Å². The van der Waals surface area contributed by atoms with Crippen LogP contribution in [0.1, 0.15) is 40.3 Å². The number of carbonyl (C=O) groups is 1. The number of nitrogens with zero attached hydrogens (tertiary/aromatic N) is 4. The molecule has 0 fully saturated rings. The second-order valence-electron chi connectivity index (χ2n) is 7.35. The van der Waals surface area contributed by atoms with Gasteiger partial charge < -0.3 is 13.9 Å². The van der Waals surface area contributed by atoms with E-state index in [1.807, 2.05) is 49.7 Å². The fourth-order valence-corrected chi connectivity index (χ4v) is 4.55. The third kappa shape index (κ3) is 4.31. The van der Waals surface area contributed by atoms with E-state index in [-0.39, 0.29) is 11.8 Å². The second kappa shape index (κ2) is 8.97. The van der Waals surface area contributed by atoms with Crippen LogP contribution in [0.4, 0.5) is 0 Å². The predicted molar refractivity (Wildman–Crippen MR) is 117 cm³/mol. The summed E-state index contributed by atoms with van der Waals surface area (Å²) in [5, 5.41) is 9.37. The van der Waals surface area contributed by atoms with Gasteiger partial charge in [-0.25, -0.2) is 0 Å². The van der Waals surface area contributed by atoms with Crippen molar-refractivity contribution in [3.05, 3.63) is 52.8 Å². The number of ketones is 1. The van der Waals surface area contributed by atoms with Gasteiger partial charge in [-0.2, -0.15) is 0 Å². The van der Waals surface area contributed by atoms with Crippen molar-refractivity contribution in [2.75, 3.05) is 19.5 Å². The van der Waals surface area contributed by atoms with Gasteiger partial charge in [-0.05, 0) is 39.3 Å². The van der Waals surface area contributed by atoms with Gasteiger partial charge in [-0.15, -0.1) is 10.2 Å². The summed E-state index contributed by atoms with van der Waals surface area (Å²) in [7, 11) is 3.63. The van der Waals surface area contributed by atoms with Crippen molar-refractivity contribution in [3.8, 4) is 11.4 Å². The highest BCUT2D eigenvalue weighted by atomic mass is 32.2. The van der Waals surface area contributed by atoms with Crippen molar-refractivity contribution in [2.24, 2.45) is 7.05 Å². The fourth-order valence-electron chi connectivity index (χ4n) is 3.76. The number of benzene rings is 1. The van der Waals surface area contributed by atoms with E-state index in [9.17, 15) is 4.79 Å². The van der Waals surface area contributed by atoms with E-state index in [0.717, 1.165) is 39.1 Å². The predicted octanol–water partition coefficient (Wildman–Crippen LogP) is 4.39. The van der Waals surface area contributed by atoms with Crippen LogP contribution in [-0.4, -0.2) is 44.6 Å². The van der Waals surface area contributed by atoms with Crippen LogP contribution >= 0.6 is 11.8 Å². The smallest absolute Gasteiger partial charge is 0.191 e. The van der Waals surface area contributed by atoms with Crippen LogP contribution in [0, 0.1) is 20.8 Å². The molecule has 3 rings (SSSR count). The number of aryl methyl sites for hydroxylation is 2. The van der Waals surface area contributed by atoms with Gasteiger partial charge in [0, 0.05) is 36.7 Å². The Morgan fingerprint density at radius 3 is 2.62 bits per heavy atom. The Balaban J connectivity index is 1.76. The number of ether oxygens (including phenoxy) is 1. The molecule has 0 saturated carbocycles.